The highest BCUT2D eigenvalue weighted by atomic mass is 32.1. The number of hydrogen-bond acceptors (Lipinski definition) is 2. The van der Waals surface area contributed by atoms with Crippen molar-refractivity contribution >= 4 is 32.3 Å². The van der Waals surface area contributed by atoms with Crippen LogP contribution < -0.4 is 0 Å². The first-order valence-electron chi connectivity index (χ1n) is 6.25. The minimum atomic E-state index is 0.196. The fourth-order valence-electron chi connectivity index (χ4n) is 2.30. The van der Waals surface area contributed by atoms with Gasteiger partial charge in [-0.05, 0) is 29.4 Å². The molecule has 1 nitrogen and oxygen atoms in total. The van der Waals surface area contributed by atoms with Crippen LogP contribution in [0.4, 0.5) is 0 Å². The second-order valence-electron chi connectivity index (χ2n) is 5.83. The smallest absolute Gasteiger partial charge is 0.0908 e. The Bertz CT molecular complexity index is 732. The molecule has 0 aliphatic rings. The second kappa shape index (κ2) is 3.79. The van der Waals surface area contributed by atoms with Crippen LogP contribution in [0.5, 0.6) is 0 Å². The number of rotatable bonds is 0. The third kappa shape index (κ3) is 1.81. The number of fused-ring (bicyclic) bond motifs is 3. The van der Waals surface area contributed by atoms with Gasteiger partial charge in [-0.15, -0.1) is 11.3 Å². The Morgan fingerprint density at radius 3 is 2.56 bits per heavy atom. The van der Waals surface area contributed by atoms with Crippen LogP contribution in [0.1, 0.15) is 31.3 Å². The van der Waals surface area contributed by atoms with Crippen LogP contribution in [0.25, 0.3) is 21.0 Å². The molecule has 2 aromatic carbocycles. The van der Waals surface area contributed by atoms with Crippen molar-refractivity contribution in [3.63, 3.8) is 0 Å². The van der Waals surface area contributed by atoms with Gasteiger partial charge < -0.3 is 0 Å². The number of nitrogens with zero attached hydrogens (tertiary/aromatic N) is 1. The van der Waals surface area contributed by atoms with Crippen LogP contribution >= 0.6 is 11.3 Å². The van der Waals surface area contributed by atoms with E-state index in [-0.39, 0.29) is 5.41 Å². The Labute approximate surface area is 111 Å². The number of hydrogen-bond donors (Lipinski definition) is 0. The molecule has 1 aromatic heterocycles. The molecule has 0 aliphatic heterocycles. The van der Waals surface area contributed by atoms with E-state index in [1.165, 1.54) is 21.0 Å². The molecule has 0 N–H and O–H groups in total. The summed E-state index contributed by atoms with van der Waals surface area (Å²) < 4.78 is 1.28. The zero-order valence-corrected chi connectivity index (χ0v) is 12.1. The average molecular weight is 255 g/mol. The Kier molecular flexibility index (Phi) is 2.46. The van der Waals surface area contributed by atoms with E-state index in [9.17, 15) is 0 Å². The quantitative estimate of drug-likeness (QED) is 0.547. The van der Waals surface area contributed by atoms with Crippen molar-refractivity contribution in [1.29, 1.82) is 0 Å². The van der Waals surface area contributed by atoms with Gasteiger partial charge in [-0.25, -0.2) is 4.98 Å². The summed E-state index contributed by atoms with van der Waals surface area (Å²) in [4.78, 5) is 4.65. The van der Waals surface area contributed by atoms with Gasteiger partial charge >= 0.3 is 0 Å². The molecule has 3 aromatic rings. The summed E-state index contributed by atoms with van der Waals surface area (Å²) in [5, 5.41) is 3.70. The van der Waals surface area contributed by atoms with Gasteiger partial charge in [-0.1, -0.05) is 45.0 Å². The predicted octanol–water partition coefficient (Wildman–Crippen LogP) is 5.06. The third-order valence-corrected chi connectivity index (χ3v) is 4.28. The second-order valence-corrected chi connectivity index (χ2v) is 7.07. The van der Waals surface area contributed by atoms with E-state index >= 15 is 0 Å². The molecular weight excluding hydrogens is 238 g/mol. The van der Waals surface area contributed by atoms with Crippen molar-refractivity contribution in [3.8, 4) is 0 Å². The Hall–Kier alpha value is -1.41. The van der Waals surface area contributed by atoms with Gasteiger partial charge in [0, 0.05) is 5.39 Å². The van der Waals surface area contributed by atoms with Gasteiger partial charge in [0.25, 0.3) is 0 Å². The van der Waals surface area contributed by atoms with E-state index in [1.807, 2.05) is 0 Å². The number of thiazole rings is 1. The van der Waals surface area contributed by atoms with Crippen molar-refractivity contribution in [2.45, 2.75) is 33.1 Å². The van der Waals surface area contributed by atoms with E-state index in [0.717, 1.165) is 10.5 Å². The highest BCUT2D eigenvalue weighted by Gasteiger charge is 2.14. The standard InChI is InChI=1S/C16H17NS/c1-10-17-15-13-7-6-12(16(2,3)4)9-11(13)5-8-14(15)18-10/h5-9H,1-4H3. The molecule has 0 atom stereocenters. The van der Waals surface area contributed by atoms with Crippen LogP contribution in [0, 0.1) is 6.92 Å². The maximum absolute atomic E-state index is 4.65. The molecule has 0 saturated carbocycles. The van der Waals surface area contributed by atoms with Gasteiger partial charge in [-0.3, -0.25) is 0 Å². The maximum Gasteiger partial charge on any atom is 0.0908 e. The van der Waals surface area contributed by atoms with Crippen LogP contribution in [-0.2, 0) is 5.41 Å². The highest BCUT2D eigenvalue weighted by Crippen LogP contribution is 2.32. The number of aromatic nitrogens is 1. The van der Waals surface area contributed by atoms with Gasteiger partial charge in [0.05, 0.1) is 15.2 Å². The lowest BCUT2D eigenvalue weighted by Gasteiger charge is -2.19. The van der Waals surface area contributed by atoms with E-state index in [2.05, 4.69) is 63.0 Å². The summed E-state index contributed by atoms with van der Waals surface area (Å²) in [6.07, 6.45) is 0. The third-order valence-electron chi connectivity index (χ3n) is 3.35. The zero-order valence-electron chi connectivity index (χ0n) is 11.2. The van der Waals surface area contributed by atoms with Crippen LogP contribution in [-0.4, -0.2) is 4.98 Å². The minimum absolute atomic E-state index is 0.196. The van der Waals surface area contributed by atoms with Crippen molar-refractivity contribution in [3.05, 3.63) is 40.9 Å². The molecule has 0 amide bonds. The molecule has 2 heteroatoms. The molecule has 0 aliphatic carbocycles. The monoisotopic (exact) mass is 255 g/mol. The number of benzene rings is 2. The summed E-state index contributed by atoms with van der Waals surface area (Å²) >= 11 is 1.77. The molecule has 92 valence electrons. The lowest BCUT2D eigenvalue weighted by atomic mass is 9.86. The van der Waals surface area contributed by atoms with E-state index < -0.39 is 0 Å². The molecule has 3 rings (SSSR count). The van der Waals surface area contributed by atoms with Gasteiger partial charge in [0.1, 0.15) is 0 Å². The fourth-order valence-corrected chi connectivity index (χ4v) is 3.14. The Balaban J connectivity index is 2.34. The molecule has 0 unspecified atom stereocenters. The summed E-state index contributed by atoms with van der Waals surface area (Å²) in [5.74, 6) is 0. The predicted molar refractivity (Wildman–Crippen MR) is 80.6 cm³/mol. The molecule has 0 radical (unpaired) electrons. The van der Waals surface area contributed by atoms with Crippen LogP contribution in [0.15, 0.2) is 30.3 Å². The van der Waals surface area contributed by atoms with Gasteiger partial charge in [0.15, 0.2) is 0 Å². The van der Waals surface area contributed by atoms with Crippen molar-refractivity contribution < 1.29 is 0 Å². The van der Waals surface area contributed by atoms with Crippen molar-refractivity contribution in [2.24, 2.45) is 0 Å². The first-order valence-corrected chi connectivity index (χ1v) is 7.07. The summed E-state index contributed by atoms with van der Waals surface area (Å²) in [6.45, 7) is 8.82. The maximum atomic E-state index is 4.65. The molecule has 18 heavy (non-hydrogen) atoms. The SMILES string of the molecule is Cc1nc2c(ccc3cc(C(C)(C)C)ccc32)s1. The van der Waals surface area contributed by atoms with Crippen LogP contribution in [0.2, 0.25) is 0 Å². The Morgan fingerprint density at radius 2 is 1.83 bits per heavy atom. The van der Waals surface area contributed by atoms with Crippen LogP contribution in [0.3, 0.4) is 0 Å². The molecular formula is C16H17NS. The first-order chi connectivity index (χ1) is 8.45. The minimum Gasteiger partial charge on any atom is -0.241 e. The summed E-state index contributed by atoms with van der Waals surface area (Å²) in [5.41, 5.74) is 2.72. The van der Waals surface area contributed by atoms with Crippen molar-refractivity contribution in [2.75, 3.05) is 0 Å². The summed E-state index contributed by atoms with van der Waals surface area (Å²) in [7, 11) is 0. The largest absolute Gasteiger partial charge is 0.241 e. The molecule has 0 saturated heterocycles. The normalized spacial score (nSPS) is 12.4. The topological polar surface area (TPSA) is 12.9 Å². The molecule has 1 heterocycles. The van der Waals surface area contributed by atoms with E-state index in [1.54, 1.807) is 11.3 Å². The number of aryl methyl sites for hydroxylation is 1. The fraction of sp³-hybridized carbons (Fsp3) is 0.312. The van der Waals surface area contributed by atoms with Gasteiger partial charge in [-0.2, -0.15) is 0 Å². The zero-order chi connectivity index (χ0) is 12.9. The van der Waals surface area contributed by atoms with E-state index in [0.29, 0.717) is 0 Å². The summed E-state index contributed by atoms with van der Waals surface area (Å²) in [6, 6.07) is 11.1. The Morgan fingerprint density at radius 1 is 1.06 bits per heavy atom. The van der Waals surface area contributed by atoms with Gasteiger partial charge in [0.2, 0.25) is 0 Å². The highest BCUT2D eigenvalue weighted by molar-refractivity contribution is 7.18. The molecule has 0 bridgehead atoms. The first kappa shape index (κ1) is 11.7. The van der Waals surface area contributed by atoms with Crippen molar-refractivity contribution in [1.82, 2.24) is 4.98 Å². The lowest BCUT2D eigenvalue weighted by molar-refractivity contribution is 0.591. The lowest BCUT2D eigenvalue weighted by Crippen LogP contribution is -2.10. The van der Waals surface area contributed by atoms with E-state index in [4.69, 9.17) is 0 Å². The average Bonchev–Trinajstić information content (AvgIpc) is 2.68. The molecule has 0 fully saturated rings. The molecule has 0 spiro atoms.